The van der Waals surface area contributed by atoms with Gasteiger partial charge in [-0.1, -0.05) is 13.0 Å². The second-order valence-electron chi connectivity index (χ2n) is 7.44. The van der Waals surface area contributed by atoms with Crippen LogP contribution in [-0.2, 0) is 11.0 Å². The molecule has 0 aromatic carbocycles. The van der Waals surface area contributed by atoms with Crippen LogP contribution in [0.2, 0.25) is 0 Å². The van der Waals surface area contributed by atoms with E-state index in [1.165, 1.54) is 13.0 Å². The Balaban J connectivity index is 1.89. The van der Waals surface area contributed by atoms with Gasteiger partial charge in [0.2, 0.25) is 11.8 Å². The van der Waals surface area contributed by atoms with Crippen molar-refractivity contribution in [3.63, 3.8) is 0 Å². The average Bonchev–Trinajstić information content (AvgIpc) is 2.74. The Bertz CT molecular complexity index is 1150. The summed E-state index contributed by atoms with van der Waals surface area (Å²) in [5, 5.41) is 2.79. The van der Waals surface area contributed by atoms with Gasteiger partial charge < -0.3 is 21.5 Å². The maximum Gasteiger partial charge on any atom is 0.416 e. The minimum atomic E-state index is -4.51. The van der Waals surface area contributed by atoms with E-state index in [0.717, 1.165) is 18.3 Å². The van der Waals surface area contributed by atoms with Crippen LogP contribution >= 0.6 is 0 Å². The molecule has 9 nitrogen and oxygen atoms in total. The molecular formula is C21H21F3N6O3. The van der Waals surface area contributed by atoms with E-state index in [1.807, 2.05) is 0 Å². The Morgan fingerprint density at radius 2 is 1.94 bits per heavy atom. The lowest BCUT2D eigenvalue weighted by Gasteiger charge is -2.22. The summed E-state index contributed by atoms with van der Waals surface area (Å²) in [7, 11) is 0. The summed E-state index contributed by atoms with van der Waals surface area (Å²) in [6.07, 6.45) is 0.0759. The molecule has 0 spiro atoms. The molecule has 0 fully saturated rings. The van der Waals surface area contributed by atoms with E-state index in [1.54, 1.807) is 19.1 Å². The van der Waals surface area contributed by atoms with Crippen molar-refractivity contribution in [2.75, 3.05) is 5.32 Å². The van der Waals surface area contributed by atoms with Crippen molar-refractivity contribution >= 4 is 23.2 Å². The number of amides is 2. The number of nitrogens with one attached hydrogen (secondary N) is 1. The number of ether oxygens (including phenoxy) is 1. The highest BCUT2D eigenvalue weighted by Gasteiger charge is 2.31. The molecule has 5 N–H and O–H groups in total. The van der Waals surface area contributed by atoms with Crippen molar-refractivity contribution in [1.29, 1.82) is 0 Å². The van der Waals surface area contributed by atoms with E-state index in [2.05, 4.69) is 20.3 Å². The largest absolute Gasteiger partial charge is 0.443 e. The first-order chi connectivity index (χ1) is 15.4. The molecule has 2 aromatic heterocycles. The van der Waals surface area contributed by atoms with Gasteiger partial charge in [-0.25, -0.2) is 15.0 Å². The van der Waals surface area contributed by atoms with E-state index in [-0.39, 0.29) is 29.1 Å². The fourth-order valence-corrected chi connectivity index (χ4v) is 2.99. The van der Waals surface area contributed by atoms with Crippen LogP contribution in [0.4, 0.5) is 19.0 Å². The molecule has 174 valence electrons. The fourth-order valence-electron chi connectivity index (χ4n) is 2.99. The van der Waals surface area contributed by atoms with Crippen molar-refractivity contribution in [3.8, 4) is 5.88 Å². The first kappa shape index (κ1) is 23.7. The normalized spacial score (nSPS) is 16.9. The van der Waals surface area contributed by atoms with Crippen LogP contribution in [-0.4, -0.2) is 32.8 Å². The summed E-state index contributed by atoms with van der Waals surface area (Å²) < 4.78 is 44.3. The Morgan fingerprint density at radius 1 is 1.21 bits per heavy atom. The Kier molecular flexibility index (Phi) is 6.65. The molecule has 33 heavy (non-hydrogen) atoms. The number of halogens is 3. The third-order valence-electron chi connectivity index (χ3n) is 4.80. The minimum Gasteiger partial charge on any atom is -0.443 e. The van der Waals surface area contributed by atoms with Crippen LogP contribution < -0.4 is 21.5 Å². The van der Waals surface area contributed by atoms with Gasteiger partial charge in [-0.15, -0.1) is 0 Å². The zero-order valence-electron chi connectivity index (χ0n) is 17.7. The quantitative estimate of drug-likeness (QED) is 0.573. The number of aromatic nitrogens is 3. The third-order valence-corrected chi connectivity index (χ3v) is 4.80. The van der Waals surface area contributed by atoms with E-state index in [9.17, 15) is 22.8 Å². The molecule has 2 heterocycles. The summed E-state index contributed by atoms with van der Waals surface area (Å²) in [4.78, 5) is 35.4. The van der Waals surface area contributed by atoms with Gasteiger partial charge >= 0.3 is 6.18 Å². The number of carbonyl (C=O) groups excluding carboxylic acids is 2. The maximum atomic E-state index is 12.9. The standard InChI is InChI=1S/C21H21F3N6O3/c1-10-7-12(3-4-15(10)33-17-8-13(5-6-27-17)21(22,23)24)20-29-14(19(26)32)9-16(30-20)28-11(2)18(25)31/h3-6,8-11H,7H2,1-2H3,(H2,25,31)(H2,26,32)(H,28,29,30). The lowest BCUT2D eigenvalue weighted by Crippen LogP contribution is -2.33. The molecule has 2 aromatic rings. The van der Waals surface area contributed by atoms with Gasteiger partial charge in [0, 0.05) is 24.2 Å². The molecule has 1 aliphatic rings. The van der Waals surface area contributed by atoms with E-state index < -0.39 is 29.6 Å². The van der Waals surface area contributed by atoms with E-state index in [4.69, 9.17) is 16.2 Å². The van der Waals surface area contributed by atoms with Crippen LogP contribution in [0.1, 0.15) is 42.1 Å². The van der Waals surface area contributed by atoms with Crippen molar-refractivity contribution in [3.05, 3.63) is 59.4 Å². The van der Waals surface area contributed by atoms with Gasteiger partial charge in [0.1, 0.15) is 23.3 Å². The average molecular weight is 462 g/mol. The van der Waals surface area contributed by atoms with Gasteiger partial charge in [0.25, 0.3) is 5.91 Å². The Morgan fingerprint density at radius 3 is 2.55 bits per heavy atom. The number of rotatable bonds is 7. The van der Waals surface area contributed by atoms with Gasteiger partial charge in [0.05, 0.1) is 5.56 Å². The lowest BCUT2D eigenvalue weighted by molar-refractivity contribution is -0.137. The lowest BCUT2D eigenvalue weighted by atomic mass is 9.93. The Hall–Kier alpha value is -3.96. The topological polar surface area (TPSA) is 146 Å². The SMILES string of the molecule is CC1CC(c2nc(NC(C)C(N)=O)cc(C(N)=O)n2)=CC=C1Oc1cc(C(F)(F)F)ccn1. The number of allylic oxidation sites excluding steroid dienone is 4. The number of nitrogens with zero attached hydrogens (tertiary/aromatic N) is 3. The van der Waals surface area contributed by atoms with Gasteiger partial charge in [-0.2, -0.15) is 13.2 Å². The molecule has 0 aliphatic heterocycles. The smallest absolute Gasteiger partial charge is 0.416 e. The molecular weight excluding hydrogens is 441 g/mol. The van der Waals surface area contributed by atoms with Crippen LogP contribution in [0.15, 0.2) is 42.3 Å². The maximum absolute atomic E-state index is 12.9. The van der Waals surface area contributed by atoms with Gasteiger partial charge in [0.15, 0.2) is 5.82 Å². The molecule has 2 atom stereocenters. The highest BCUT2D eigenvalue weighted by molar-refractivity contribution is 5.92. The molecule has 3 rings (SSSR count). The molecule has 0 saturated heterocycles. The van der Waals surface area contributed by atoms with Crippen molar-refractivity contribution < 1.29 is 27.5 Å². The molecule has 1 aliphatic carbocycles. The molecule has 2 unspecified atom stereocenters. The number of carbonyl (C=O) groups is 2. The summed E-state index contributed by atoms with van der Waals surface area (Å²) in [6, 6.07) is 2.23. The number of hydrogen-bond donors (Lipinski definition) is 3. The number of nitrogens with two attached hydrogens (primary N) is 2. The molecule has 0 bridgehead atoms. The van der Waals surface area contributed by atoms with E-state index >= 15 is 0 Å². The predicted octanol–water partition coefficient (Wildman–Crippen LogP) is 2.66. The number of pyridine rings is 1. The number of primary amides is 2. The monoisotopic (exact) mass is 462 g/mol. The summed E-state index contributed by atoms with van der Waals surface area (Å²) in [5.74, 6) is -1.06. The van der Waals surface area contributed by atoms with Crippen LogP contribution in [0.25, 0.3) is 5.57 Å². The number of alkyl halides is 3. The van der Waals surface area contributed by atoms with Crippen LogP contribution in [0.3, 0.4) is 0 Å². The van der Waals surface area contributed by atoms with Crippen LogP contribution in [0, 0.1) is 5.92 Å². The first-order valence-electron chi connectivity index (χ1n) is 9.81. The first-order valence-corrected chi connectivity index (χ1v) is 9.81. The predicted molar refractivity (Wildman–Crippen MR) is 113 cm³/mol. The van der Waals surface area contributed by atoms with Gasteiger partial charge in [-0.05, 0) is 31.1 Å². The second-order valence-corrected chi connectivity index (χ2v) is 7.44. The molecule has 0 saturated carbocycles. The molecule has 2 amide bonds. The highest BCUT2D eigenvalue weighted by atomic mass is 19.4. The highest BCUT2D eigenvalue weighted by Crippen LogP contribution is 2.34. The van der Waals surface area contributed by atoms with Gasteiger partial charge in [-0.3, -0.25) is 9.59 Å². The molecule has 0 radical (unpaired) electrons. The Labute approximate surface area is 186 Å². The van der Waals surface area contributed by atoms with Crippen molar-refractivity contribution in [1.82, 2.24) is 15.0 Å². The third kappa shape index (κ3) is 5.84. The summed E-state index contributed by atoms with van der Waals surface area (Å²) >= 11 is 0. The summed E-state index contributed by atoms with van der Waals surface area (Å²) in [5.41, 5.74) is 10.3. The minimum absolute atomic E-state index is 0.0630. The number of anilines is 1. The fraction of sp³-hybridized carbons (Fsp3) is 0.286. The second kappa shape index (κ2) is 9.27. The zero-order valence-corrected chi connectivity index (χ0v) is 17.7. The molecule has 12 heteroatoms. The zero-order chi connectivity index (χ0) is 24.3. The summed E-state index contributed by atoms with van der Waals surface area (Å²) in [6.45, 7) is 3.34. The van der Waals surface area contributed by atoms with E-state index in [0.29, 0.717) is 17.8 Å². The number of hydrogen-bond acceptors (Lipinski definition) is 7. The van der Waals surface area contributed by atoms with Crippen molar-refractivity contribution in [2.45, 2.75) is 32.5 Å². The van der Waals surface area contributed by atoms with Crippen LogP contribution in [0.5, 0.6) is 5.88 Å². The van der Waals surface area contributed by atoms with Crippen molar-refractivity contribution in [2.24, 2.45) is 17.4 Å².